The molecule has 0 saturated carbocycles. The maximum atomic E-state index is 5.93. The molecule has 0 aliphatic carbocycles. The summed E-state index contributed by atoms with van der Waals surface area (Å²) in [6.45, 7) is 12.0. The fraction of sp³-hybridized carbons (Fsp3) is 0.625. The Morgan fingerprint density at radius 2 is 1.70 bits per heavy atom. The van der Waals surface area contributed by atoms with Gasteiger partial charge in [-0.05, 0) is 39.0 Å². The van der Waals surface area contributed by atoms with E-state index >= 15 is 0 Å². The van der Waals surface area contributed by atoms with Crippen molar-refractivity contribution in [1.29, 1.82) is 0 Å². The zero-order chi connectivity index (χ0) is 15.0. The van der Waals surface area contributed by atoms with E-state index in [0.29, 0.717) is 0 Å². The number of nitrogen functional groups attached to an aromatic ring is 1. The maximum Gasteiger partial charge on any atom is 0.122 e. The van der Waals surface area contributed by atoms with Crippen LogP contribution in [0, 0.1) is 0 Å². The van der Waals surface area contributed by atoms with Gasteiger partial charge in [-0.25, -0.2) is 0 Å². The van der Waals surface area contributed by atoms with Crippen LogP contribution >= 0.6 is 0 Å². The number of ether oxygens (including phenoxy) is 1. The number of hydrogen-bond donors (Lipinski definition) is 1. The molecule has 114 valence electrons. The van der Waals surface area contributed by atoms with E-state index < -0.39 is 0 Å². The largest absolute Gasteiger partial charge is 0.497 e. The number of anilines is 2. The zero-order valence-corrected chi connectivity index (χ0v) is 13.4. The first-order valence-electron chi connectivity index (χ1n) is 7.56. The van der Waals surface area contributed by atoms with Crippen LogP contribution in [0.5, 0.6) is 5.75 Å². The number of methoxy groups -OCH3 is 1. The quantitative estimate of drug-likeness (QED) is 0.706. The molecule has 0 aliphatic heterocycles. The van der Waals surface area contributed by atoms with Crippen LogP contribution in [-0.2, 0) is 0 Å². The van der Waals surface area contributed by atoms with Crippen molar-refractivity contribution in [2.45, 2.75) is 27.2 Å². The van der Waals surface area contributed by atoms with Gasteiger partial charge in [-0.1, -0.05) is 13.8 Å². The van der Waals surface area contributed by atoms with Crippen molar-refractivity contribution in [2.75, 3.05) is 50.5 Å². The first kappa shape index (κ1) is 16.6. The first-order chi connectivity index (χ1) is 9.64. The number of rotatable bonds is 9. The summed E-state index contributed by atoms with van der Waals surface area (Å²) in [5, 5.41) is 0. The summed E-state index contributed by atoms with van der Waals surface area (Å²) in [6.07, 6.45) is 1.16. The Labute approximate surface area is 123 Å². The number of benzene rings is 1. The van der Waals surface area contributed by atoms with Crippen LogP contribution in [0.25, 0.3) is 0 Å². The molecule has 0 heterocycles. The fourth-order valence-corrected chi connectivity index (χ4v) is 2.40. The molecule has 1 aromatic rings. The lowest BCUT2D eigenvalue weighted by atomic mass is 10.2. The average Bonchev–Trinajstić information content (AvgIpc) is 2.47. The van der Waals surface area contributed by atoms with Crippen LogP contribution in [0.1, 0.15) is 27.2 Å². The van der Waals surface area contributed by atoms with Crippen LogP contribution < -0.4 is 15.4 Å². The molecule has 0 fully saturated rings. The Hall–Kier alpha value is -1.42. The Morgan fingerprint density at radius 1 is 1.00 bits per heavy atom. The van der Waals surface area contributed by atoms with Gasteiger partial charge in [-0.3, -0.25) is 0 Å². The van der Waals surface area contributed by atoms with Crippen molar-refractivity contribution in [1.82, 2.24) is 4.90 Å². The normalized spacial score (nSPS) is 10.8. The van der Waals surface area contributed by atoms with Crippen molar-refractivity contribution in [3.05, 3.63) is 18.2 Å². The van der Waals surface area contributed by atoms with Crippen molar-refractivity contribution in [3.63, 3.8) is 0 Å². The van der Waals surface area contributed by atoms with Gasteiger partial charge in [0.15, 0.2) is 0 Å². The fourth-order valence-electron chi connectivity index (χ4n) is 2.40. The summed E-state index contributed by atoms with van der Waals surface area (Å²) >= 11 is 0. The second-order valence-corrected chi connectivity index (χ2v) is 4.92. The lowest BCUT2D eigenvalue weighted by Crippen LogP contribution is -2.30. The molecule has 4 nitrogen and oxygen atoms in total. The van der Waals surface area contributed by atoms with Crippen LogP contribution in [0.2, 0.25) is 0 Å². The smallest absolute Gasteiger partial charge is 0.122 e. The summed E-state index contributed by atoms with van der Waals surface area (Å²) < 4.78 is 5.29. The SMILES string of the molecule is CCN(CC)CCCN(CC)c1cc(N)cc(OC)c1. The van der Waals surface area contributed by atoms with E-state index in [1.165, 1.54) is 0 Å². The van der Waals surface area contributed by atoms with Gasteiger partial charge in [-0.2, -0.15) is 0 Å². The topological polar surface area (TPSA) is 41.7 Å². The van der Waals surface area contributed by atoms with E-state index in [2.05, 4.69) is 36.6 Å². The van der Waals surface area contributed by atoms with Gasteiger partial charge in [-0.15, -0.1) is 0 Å². The van der Waals surface area contributed by atoms with Crippen molar-refractivity contribution in [3.8, 4) is 5.75 Å². The van der Waals surface area contributed by atoms with Crippen LogP contribution in [-0.4, -0.2) is 44.7 Å². The molecule has 0 aliphatic rings. The van der Waals surface area contributed by atoms with Crippen LogP contribution in [0.15, 0.2) is 18.2 Å². The van der Waals surface area contributed by atoms with Gasteiger partial charge in [0.05, 0.1) is 7.11 Å². The van der Waals surface area contributed by atoms with Crippen molar-refractivity contribution >= 4 is 11.4 Å². The van der Waals surface area contributed by atoms with E-state index in [9.17, 15) is 0 Å². The molecule has 0 spiro atoms. The second kappa shape index (κ2) is 8.69. The zero-order valence-electron chi connectivity index (χ0n) is 13.4. The highest BCUT2D eigenvalue weighted by Gasteiger charge is 2.08. The molecule has 0 amide bonds. The van der Waals surface area contributed by atoms with Crippen molar-refractivity contribution < 1.29 is 4.74 Å². The molecule has 0 bridgehead atoms. The highest BCUT2D eigenvalue weighted by molar-refractivity contribution is 5.60. The lowest BCUT2D eigenvalue weighted by molar-refractivity contribution is 0.301. The van der Waals surface area contributed by atoms with Gasteiger partial charge in [0.1, 0.15) is 5.75 Å². The molecule has 4 heteroatoms. The number of nitrogens with zero attached hydrogens (tertiary/aromatic N) is 2. The van der Waals surface area contributed by atoms with E-state index in [0.717, 1.165) is 56.3 Å². The van der Waals surface area contributed by atoms with Gasteiger partial charge < -0.3 is 20.3 Å². The molecule has 0 saturated heterocycles. The summed E-state index contributed by atoms with van der Waals surface area (Å²) in [5.74, 6) is 0.821. The highest BCUT2D eigenvalue weighted by Crippen LogP contribution is 2.25. The molecule has 1 rings (SSSR count). The Morgan fingerprint density at radius 3 is 2.25 bits per heavy atom. The van der Waals surface area contributed by atoms with E-state index in [-0.39, 0.29) is 0 Å². The third kappa shape index (κ3) is 4.93. The van der Waals surface area contributed by atoms with Gasteiger partial charge in [0.2, 0.25) is 0 Å². The highest BCUT2D eigenvalue weighted by atomic mass is 16.5. The molecule has 1 aromatic carbocycles. The predicted molar refractivity (Wildman–Crippen MR) is 87.7 cm³/mol. The summed E-state index contributed by atoms with van der Waals surface area (Å²) in [6, 6.07) is 5.92. The molecule has 0 aromatic heterocycles. The minimum atomic E-state index is 0.751. The molecular formula is C16H29N3O. The van der Waals surface area contributed by atoms with E-state index in [4.69, 9.17) is 10.5 Å². The van der Waals surface area contributed by atoms with Crippen LogP contribution in [0.3, 0.4) is 0 Å². The Balaban J connectivity index is 2.64. The molecule has 0 radical (unpaired) electrons. The summed E-state index contributed by atoms with van der Waals surface area (Å²) in [7, 11) is 1.68. The molecule has 20 heavy (non-hydrogen) atoms. The van der Waals surface area contributed by atoms with Gasteiger partial charge >= 0.3 is 0 Å². The number of hydrogen-bond acceptors (Lipinski definition) is 4. The second-order valence-electron chi connectivity index (χ2n) is 4.92. The minimum Gasteiger partial charge on any atom is -0.497 e. The van der Waals surface area contributed by atoms with Gasteiger partial charge in [0.25, 0.3) is 0 Å². The molecule has 0 unspecified atom stereocenters. The average molecular weight is 279 g/mol. The first-order valence-corrected chi connectivity index (χ1v) is 7.56. The van der Waals surface area contributed by atoms with E-state index in [1.807, 2.05) is 12.1 Å². The summed E-state index contributed by atoms with van der Waals surface area (Å²) in [5.41, 5.74) is 7.83. The molecule has 2 N–H and O–H groups in total. The maximum absolute atomic E-state index is 5.93. The standard InChI is InChI=1S/C16H29N3O/c1-5-18(6-2)9-8-10-19(7-3)15-11-14(17)12-16(13-15)20-4/h11-13H,5-10,17H2,1-4H3. The van der Waals surface area contributed by atoms with Gasteiger partial charge in [0, 0.05) is 36.6 Å². The number of nitrogens with two attached hydrogens (primary N) is 1. The third-order valence-electron chi connectivity index (χ3n) is 3.69. The summed E-state index contributed by atoms with van der Waals surface area (Å²) in [4.78, 5) is 4.80. The predicted octanol–water partition coefficient (Wildman–Crippen LogP) is 2.84. The molecular weight excluding hydrogens is 250 g/mol. The Kier molecular flexibility index (Phi) is 7.23. The minimum absolute atomic E-state index is 0.751. The third-order valence-corrected chi connectivity index (χ3v) is 3.69. The van der Waals surface area contributed by atoms with E-state index in [1.54, 1.807) is 7.11 Å². The molecule has 0 atom stereocenters. The van der Waals surface area contributed by atoms with Crippen LogP contribution in [0.4, 0.5) is 11.4 Å². The monoisotopic (exact) mass is 279 g/mol. The Bertz CT molecular complexity index is 391. The van der Waals surface area contributed by atoms with Crippen molar-refractivity contribution in [2.24, 2.45) is 0 Å². The lowest BCUT2D eigenvalue weighted by Gasteiger charge is -2.26.